The molecule has 0 saturated carbocycles. The molecule has 3 aromatic rings. The average molecular weight is 486 g/mol. The number of fused-ring (bicyclic) bond motifs is 3. The summed E-state index contributed by atoms with van der Waals surface area (Å²) in [7, 11) is 0. The van der Waals surface area contributed by atoms with Crippen LogP contribution in [-0.2, 0) is 22.6 Å². The Morgan fingerprint density at radius 2 is 1.81 bits per heavy atom. The molecule has 0 radical (unpaired) electrons. The van der Waals surface area contributed by atoms with Crippen LogP contribution in [0.5, 0.6) is 0 Å². The van der Waals surface area contributed by atoms with Crippen LogP contribution in [0.4, 0.5) is 0 Å². The normalized spacial score (nSPS) is 16.5. The number of nitrogens with one attached hydrogen (secondary N) is 2. The quantitative estimate of drug-likeness (QED) is 0.445. The average Bonchev–Trinajstić information content (AvgIpc) is 3.15. The second-order valence-corrected chi connectivity index (χ2v) is 8.72. The maximum atomic E-state index is 12.8. The number of aromatic nitrogens is 1. The number of aliphatic hydroxyl groups excluding tert-OH is 2. The maximum absolute atomic E-state index is 12.8. The number of H-pyrrole nitrogens is 1. The smallest absolute Gasteiger partial charge is 0.255 e. The highest BCUT2D eigenvalue weighted by Gasteiger charge is 2.35. The molecule has 7 nitrogen and oxygen atoms in total. The lowest BCUT2D eigenvalue weighted by molar-refractivity contribution is -0.154. The summed E-state index contributed by atoms with van der Waals surface area (Å²) in [6.45, 7) is 2.47. The van der Waals surface area contributed by atoms with E-state index in [0.29, 0.717) is 19.5 Å². The fourth-order valence-corrected chi connectivity index (χ4v) is 4.24. The lowest BCUT2D eigenvalue weighted by atomic mass is 10.0. The zero-order chi connectivity index (χ0) is 22.1. The first kappa shape index (κ1) is 21.5. The molecule has 2 amide bonds. The van der Waals surface area contributed by atoms with E-state index in [0.717, 1.165) is 32.2 Å². The molecule has 2 aromatic carbocycles. The highest BCUT2D eigenvalue weighted by atomic mass is 79.9. The molecule has 0 aliphatic carbocycles. The molecule has 1 aromatic heterocycles. The van der Waals surface area contributed by atoms with Gasteiger partial charge in [-0.15, -0.1) is 0 Å². The predicted molar refractivity (Wildman–Crippen MR) is 120 cm³/mol. The summed E-state index contributed by atoms with van der Waals surface area (Å²) in [5.74, 6) is -1.46. The molecular formula is C23H24BrN3O4. The van der Waals surface area contributed by atoms with Crippen molar-refractivity contribution in [2.75, 3.05) is 6.54 Å². The first-order chi connectivity index (χ1) is 14.8. The Labute approximate surface area is 188 Å². The third kappa shape index (κ3) is 4.37. The molecule has 1 aliphatic heterocycles. The standard InChI is InChI=1S/C23H24BrN3O4/c1-13(14-6-8-15(24)9-7-14)25-22(30)20(28)21(29)23(31)27-11-10-17-16-4-2-3-5-18(16)26-19(17)12-27/h2-9,13,20-21,26,28-29H,10-12H2,1H3,(H,25,30). The van der Waals surface area contributed by atoms with Gasteiger partial charge in [-0.1, -0.05) is 46.3 Å². The van der Waals surface area contributed by atoms with Gasteiger partial charge in [-0.3, -0.25) is 9.59 Å². The summed E-state index contributed by atoms with van der Waals surface area (Å²) in [6, 6.07) is 14.9. The predicted octanol–water partition coefficient (Wildman–Crippen LogP) is 2.41. The first-order valence-electron chi connectivity index (χ1n) is 10.1. The van der Waals surface area contributed by atoms with E-state index in [1.54, 1.807) is 6.92 Å². The summed E-state index contributed by atoms with van der Waals surface area (Å²) in [5, 5.41) is 24.5. The van der Waals surface area contributed by atoms with Crippen LogP contribution in [0.2, 0.25) is 0 Å². The molecule has 0 bridgehead atoms. The Balaban J connectivity index is 1.40. The van der Waals surface area contributed by atoms with E-state index in [-0.39, 0.29) is 6.04 Å². The minimum absolute atomic E-state index is 0.295. The number of amides is 2. The summed E-state index contributed by atoms with van der Waals surface area (Å²) < 4.78 is 0.912. The molecule has 162 valence electrons. The lowest BCUT2D eigenvalue weighted by Gasteiger charge is -2.30. The van der Waals surface area contributed by atoms with Gasteiger partial charge in [-0.05, 0) is 42.7 Å². The van der Waals surface area contributed by atoms with Crippen molar-refractivity contribution in [1.29, 1.82) is 0 Å². The Morgan fingerprint density at radius 1 is 1.10 bits per heavy atom. The Kier molecular flexibility index (Phi) is 6.13. The number of hydrogen-bond acceptors (Lipinski definition) is 4. The number of rotatable bonds is 5. The van der Waals surface area contributed by atoms with Crippen LogP contribution in [0.15, 0.2) is 53.0 Å². The zero-order valence-electron chi connectivity index (χ0n) is 17.0. The zero-order valence-corrected chi connectivity index (χ0v) is 18.6. The van der Waals surface area contributed by atoms with Crippen molar-refractivity contribution in [2.24, 2.45) is 0 Å². The third-order valence-corrected chi connectivity index (χ3v) is 6.27. The summed E-state index contributed by atoms with van der Waals surface area (Å²) in [6.07, 6.45) is -3.04. The SMILES string of the molecule is CC(NC(=O)C(O)C(O)C(=O)N1CCc2c([nH]c3ccccc23)C1)c1ccc(Br)cc1. The van der Waals surface area contributed by atoms with Crippen LogP contribution in [0.1, 0.15) is 29.8 Å². The van der Waals surface area contributed by atoms with Gasteiger partial charge in [0.25, 0.3) is 11.8 Å². The maximum Gasteiger partial charge on any atom is 0.255 e. The molecule has 3 unspecified atom stereocenters. The van der Waals surface area contributed by atoms with E-state index < -0.39 is 24.0 Å². The molecule has 8 heteroatoms. The van der Waals surface area contributed by atoms with Gasteiger partial charge in [0, 0.05) is 27.6 Å². The number of halogens is 1. The van der Waals surface area contributed by atoms with Crippen molar-refractivity contribution >= 4 is 38.6 Å². The van der Waals surface area contributed by atoms with Crippen LogP contribution in [-0.4, -0.2) is 50.7 Å². The van der Waals surface area contributed by atoms with E-state index in [1.165, 1.54) is 4.90 Å². The van der Waals surface area contributed by atoms with Crippen LogP contribution in [0.3, 0.4) is 0 Å². The topological polar surface area (TPSA) is 106 Å². The Bertz CT molecular complexity index is 1110. The van der Waals surface area contributed by atoms with Gasteiger partial charge in [0.15, 0.2) is 12.2 Å². The number of carbonyl (C=O) groups is 2. The monoisotopic (exact) mass is 485 g/mol. The molecule has 2 heterocycles. The highest BCUT2D eigenvalue weighted by Crippen LogP contribution is 2.27. The van der Waals surface area contributed by atoms with Crippen molar-refractivity contribution < 1.29 is 19.8 Å². The van der Waals surface area contributed by atoms with Gasteiger partial charge in [0.05, 0.1) is 12.6 Å². The number of hydrogen-bond donors (Lipinski definition) is 4. The molecule has 31 heavy (non-hydrogen) atoms. The van der Waals surface area contributed by atoms with Crippen LogP contribution in [0.25, 0.3) is 10.9 Å². The lowest BCUT2D eigenvalue weighted by Crippen LogP contribution is -2.51. The van der Waals surface area contributed by atoms with E-state index in [9.17, 15) is 19.8 Å². The second kappa shape index (κ2) is 8.82. The van der Waals surface area contributed by atoms with Crippen LogP contribution < -0.4 is 5.32 Å². The molecular weight excluding hydrogens is 462 g/mol. The Hall–Kier alpha value is -2.68. The number of benzene rings is 2. The van der Waals surface area contributed by atoms with Gasteiger partial charge >= 0.3 is 0 Å². The van der Waals surface area contributed by atoms with Crippen molar-refractivity contribution in [3.8, 4) is 0 Å². The third-order valence-electron chi connectivity index (χ3n) is 5.74. The van der Waals surface area contributed by atoms with E-state index in [1.807, 2.05) is 48.5 Å². The molecule has 4 N–H and O–H groups in total. The fraction of sp³-hybridized carbons (Fsp3) is 0.304. The van der Waals surface area contributed by atoms with E-state index >= 15 is 0 Å². The highest BCUT2D eigenvalue weighted by molar-refractivity contribution is 9.10. The number of carbonyl (C=O) groups excluding carboxylic acids is 2. The van der Waals surface area contributed by atoms with Crippen LogP contribution >= 0.6 is 15.9 Å². The minimum atomic E-state index is -1.85. The molecule has 3 atom stereocenters. The fourth-order valence-electron chi connectivity index (χ4n) is 3.98. The van der Waals surface area contributed by atoms with Gasteiger partial charge < -0.3 is 25.4 Å². The summed E-state index contributed by atoms with van der Waals surface area (Å²) in [4.78, 5) is 30.0. The van der Waals surface area contributed by atoms with Crippen molar-refractivity contribution in [3.05, 3.63) is 69.8 Å². The van der Waals surface area contributed by atoms with E-state index in [4.69, 9.17) is 0 Å². The van der Waals surface area contributed by atoms with Gasteiger partial charge in [0.1, 0.15) is 0 Å². The molecule has 0 spiro atoms. The number of aromatic amines is 1. The second-order valence-electron chi connectivity index (χ2n) is 7.81. The van der Waals surface area contributed by atoms with Crippen molar-refractivity contribution in [3.63, 3.8) is 0 Å². The number of nitrogens with zero attached hydrogens (tertiary/aromatic N) is 1. The largest absolute Gasteiger partial charge is 0.380 e. The molecule has 0 saturated heterocycles. The van der Waals surface area contributed by atoms with Crippen molar-refractivity contribution in [1.82, 2.24) is 15.2 Å². The van der Waals surface area contributed by atoms with Gasteiger partial charge in [-0.2, -0.15) is 0 Å². The molecule has 0 fully saturated rings. The van der Waals surface area contributed by atoms with Gasteiger partial charge in [0.2, 0.25) is 0 Å². The van der Waals surface area contributed by atoms with Gasteiger partial charge in [-0.25, -0.2) is 0 Å². The van der Waals surface area contributed by atoms with E-state index in [2.05, 4.69) is 26.2 Å². The number of para-hydroxylation sites is 1. The number of aliphatic hydroxyl groups is 2. The van der Waals surface area contributed by atoms with Crippen LogP contribution in [0, 0.1) is 0 Å². The summed E-state index contributed by atoms with van der Waals surface area (Å²) in [5.41, 5.74) is 3.92. The summed E-state index contributed by atoms with van der Waals surface area (Å²) >= 11 is 3.36. The first-order valence-corrected chi connectivity index (χ1v) is 10.9. The molecule has 4 rings (SSSR count). The molecule has 1 aliphatic rings. The Morgan fingerprint density at radius 3 is 2.55 bits per heavy atom. The van der Waals surface area contributed by atoms with Crippen molar-refractivity contribution in [2.45, 2.75) is 38.1 Å². The minimum Gasteiger partial charge on any atom is -0.380 e.